The summed E-state index contributed by atoms with van der Waals surface area (Å²) in [5.41, 5.74) is 0. The first kappa shape index (κ1) is 89.2. The highest BCUT2D eigenvalue weighted by Gasteiger charge is 2.53. The van der Waals surface area contributed by atoms with Crippen LogP contribution in [0.1, 0.15) is 277 Å². The molecule has 568 valence electrons. The lowest BCUT2D eigenvalue weighted by molar-refractivity contribution is -0.379. The number of carbonyl (C=O) groups excluding carboxylic acids is 1. The van der Waals surface area contributed by atoms with Gasteiger partial charge in [-0.15, -0.1) is 0 Å². The van der Waals surface area contributed by atoms with Crippen LogP contribution in [0.3, 0.4) is 0 Å². The Morgan fingerprint density at radius 1 is 0.378 bits per heavy atom. The molecule has 3 aliphatic heterocycles. The molecule has 3 aliphatic rings. The molecule has 0 saturated carbocycles. The minimum absolute atomic E-state index is 0.233. The van der Waals surface area contributed by atoms with Crippen molar-refractivity contribution >= 4 is 5.91 Å². The van der Waals surface area contributed by atoms with Crippen molar-refractivity contribution in [3.8, 4) is 0 Å². The Hall–Kier alpha value is -3.03. The summed E-state index contributed by atoms with van der Waals surface area (Å²) >= 11 is 0. The van der Waals surface area contributed by atoms with Crippen molar-refractivity contribution in [2.75, 3.05) is 26.4 Å². The maximum Gasteiger partial charge on any atom is 0.220 e. The van der Waals surface area contributed by atoms with Crippen LogP contribution in [-0.2, 0) is 33.2 Å². The number of amides is 1. The fraction of sp³-hybridized carbons (Fsp3) is 0.810. The summed E-state index contributed by atoms with van der Waals surface area (Å²) in [6.07, 6.45) is 51.4. The van der Waals surface area contributed by atoms with E-state index in [0.29, 0.717) is 12.8 Å². The Balaban J connectivity index is 1.37. The topological polar surface area (TPSA) is 307 Å². The van der Waals surface area contributed by atoms with Gasteiger partial charge in [0, 0.05) is 6.42 Å². The van der Waals surface area contributed by atoms with Crippen molar-refractivity contribution in [2.24, 2.45) is 0 Å². The Morgan fingerprint density at radius 3 is 1.14 bits per heavy atom. The van der Waals surface area contributed by atoms with Crippen LogP contribution in [0.15, 0.2) is 85.1 Å². The number of aliphatic hydroxyl groups excluding tert-OH is 11. The second-order valence-electron chi connectivity index (χ2n) is 27.4. The summed E-state index contributed by atoms with van der Waals surface area (Å²) < 4.78 is 34.4. The molecule has 19 heteroatoms. The van der Waals surface area contributed by atoms with Crippen LogP contribution in [0.2, 0.25) is 0 Å². The number of carbonyl (C=O) groups is 1. The van der Waals surface area contributed by atoms with E-state index in [4.69, 9.17) is 28.4 Å². The van der Waals surface area contributed by atoms with Crippen LogP contribution in [0.25, 0.3) is 0 Å². The van der Waals surface area contributed by atoms with E-state index in [9.17, 15) is 61.0 Å². The van der Waals surface area contributed by atoms with Crippen LogP contribution in [0, 0.1) is 0 Å². The van der Waals surface area contributed by atoms with E-state index in [1.54, 1.807) is 6.08 Å². The predicted molar refractivity (Wildman–Crippen MR) is 388 cm³/mol. The second-order valence-corrected chi connectivity index (χ2v) is 27.4. The fourth-order valence-electron chi connectivity index (χ4n) is 12.7. The van der Waals surface area contributed by atoms with Crippen LogP contribution in [0.4, 0.5) is 0 Å². The molecule has 19 nitrogen and oxygen atoms in total. The van der Waals surface area contributed by atoms with Crippen molar-refractivity contribution in [2.45, 2.75) is 381 Å². The van der Waals surface area contributed by atoms with E-state index in [0.717, 1.165) is 70.6 Å². The molecule has 0 aliphatic carbocycles. The highest BCUT2D eigenvalue weighted by Crippen LogP contribution is 2.33. The third-order valence-electron chi connectivity index (χ3n) is 18.9. The second kappa shape index (κ2) is 59.4. The van der Waals surface area contributed by atoms with E-state index >= 15 is 0 Å². The van der Waals surface area contributed by atoms with Gasteiger partial charge < -0.3 is 89.9 Å². The summed E-state index contributed by atoms with van der Waals surface area (Å²) in [5, 5.41) is 121. The summed E-state index contributed by atoms with van der Waals surface area (Å²) in [6.45, 7) is 1.62. The lowest BCUT2D eigenvalue weighted by atomic mass is 9.96. The zero-order chi connectivity index (χ0) is 71.1. The van der Waals surface area contributed by atoms with Crippen molar-refractivity contribution < 1.29 is 89.4 Å². The van der Waals surface area contributed by atoms with Gasteiger partial charge in [0.15, 0.2) is 18.9 Å². The van der Waals surface area contributed by atoms with Crippen molar-refractivity contribution in [1.29, 1.82) is 0 Å². The Morgan fingerprint density at radius 2 is 0.714 bits per heavy atom. The van der Waals surface area contributed by atoms with E-state index in [2.05, 4.69) is 92.1 Å². The number of hydrogen-bond donors (Lipinski definition) is 12. The number of hydrogen-bond acceptors (Lipinski definition) is 18. The van der Waals surface area contributed by atoms with Gasteiger partial charge in [0.25, 0.3) is 0 Å². The first-order valence-electron chi connectivity index (χ1n) is 38.8. The minimum atomic E-state index is -1.98. The van der Waals surface area contributed by atoms with Gasteiger partial charge in [-0.1, -0.05) is 279 Å². The summed E-state index contributed by atoms with van der Waals surface area (Å²) in [5.74, 6) is -0.285. The summed E-state index contributed by atoms with van der Waals surface area (Å²) in [6, 6.07) is -0.994. The molecule has 0 spiro atoms. The van der Waals surface area contributed by atoms with Gasteiger partial charge in [0.2, 0.25) is 5.91 Å². The lowest BCUT2D eigenvalue weighted by Crippen LogP contribution is -2.66. The van der Waals surface area contributed by atoms with Gasteiger partial charge in [-0.05, 0) is 77.0 Å². The highest BCUT2D eigenvalue weighted by atomic mass is 16.8. The van der Waals surface area contributed by atoms with Crippen molar-refractivity contribution in [3.63, 3.8) is 0 Å². The molecule has 3 rings (SSSR count). The summed E-state index contributed by atoms with van der Waals surface area (Å²) in [4.78, 5) is 13.5. The number of allylic oxidation sites excluding steroid dienone is 13. The molecule has 3 fully saturated rings. The van der Waals surface area contributed by atoms with Crippen LogP contribution < -0.4 is 5.32 Å². The Labute approximate surface area is 590 Å². The highest BCUT2D eigenvalue weighted by molar-refractivity contribution is 5.76. The molecule has 0 bridgehead atoms. The van der Waals surface area contributed by atoms with Gasteiger partial charge in [-0.2, -0.15) is 0 Å². The average molecular weight is 1390 g/mol. The fourth-order valence-corrected chi connectivity index (χ4v) is 12.7. The van der Waals surface area contributed by atoms with E-state index in [1.807, 2.05) is 6.08 Å². The minimum Gasteiger partial charge on any atom is -0.394 e. The van der Waals surface area contributed by atoms with Gasteiger partial charge >= 0.3 is 0 Å². The Kier molecular flexibility index (Phi) is 54.0. The smallest absolute Gasteiger partial charge is 0.220 e. The van der Waals surface area contributed by atoms with Crippen LogP contribution >= 0.6 is 0 Å². The predicted octanol–water partition coefficient (Wildman–Crippen LogP) is 12.2. The molecule has 12 N–H and O–H groups in total. The van der Waals surface area contributed by atoms with Gasteiger partial charge in [-0.25, -0.2) is 0 Å². The molecule has 0 radical (unpaired) electrons. The molecular weight excluding hydrogens is 1250 g/mol. The Bertz CT molecular complexity index is 2100. The SMILES string of the molecule is CC/C=C\C/C=C\C/C=C\C/C=C\C/C=C\CCCCCCCCCCCCCCCCCCCC(=O)NC(COC1OC(CO)C(OC2OC(CO)C(OC3OC(CO)C(O)C(O)C3O)C(O)C2O)C(O)C1O)C(O)/C=C/CC/C=C/CCCCCCCCCCCCCCCC. The molecule has 0 aromatic heterocycles. The van der Waals surface area contributed by atoms with Gasteiger partial charge in [0.1, 0.15) is 73.2 Å². The molecule has 0 aromatic rings. The largest absolute Gasteiger partial charge is 0.394 e. The van der Waals surface area contributed by atoms with Gasteiger partial charge in [0.05, 0.1) is 38.6 Å². The first-order chi connectivity index (χ1) is 47.8. The van der Waals surface area contributed by atoms with Crippen LogP contribution in [0.5, 0.6) is 0 Å². The number of nitrogens with one attached hydrogen (secondary N) is 1. The van der Waals surface area contributed by atoms with Gasteiger partial charge in [-0.3, -0.25) is 4.79 Å². The number of aliphatic hydroxyl groups is 11. The standard InChI is InChI=1S/C79H139NO18/c1-3-5-7-9-11-13-15-17-19-21-23-25-26-27-28-29-30-31-32-33-34-35-36-37-39-41-43-45-47-49-51-53-55-57-67(85)80-62(63(84)56-54-52-50-48-46-44-42-40-38-24-22-20-18-16-14-12-10-8-6-4-2)61-93-77-73(91)70(88)75(65(59-82)95-77)98-79-74(92)71(89)76(66(60-83)96-79)97-78-72(90)69(87)68(86)64(58-81)94-78/h5,7,11,13,17,19,23,25,27-28,46,48,54,56,62-66,68-79,81-84,86-92H,3-4,6,8-10,12,14-16,18,20-22,24,26,29-45,47,49-53,55,57-61H2,1-2H3,(H,80,85)/b7-5-,13-11-,19-17-,25-23-,28-27-,48-46+,56-54+. The molecule has 1 amide bonds. The normalized spacial score (nSPS) is 27.2. The van der Waals surface area contributed by atoms with E-state index < -0.39 is 124 Å². The monoisotopic (exact) mass is 1390 g/mol. The third kappa shape index (κ3) is 39.6. The van der Waals surface area contributed by atoms with Crippen LogP contribution in [-0.4, -0.2) is 193 Å². The summed E-state index contributed by atoms with van der Waals surface area (Å²) in [7, 11) is 0. The first-order valence-corrected chi connectivity index (χ1v) is 38.8. The number of rotatable bonds is 60. The third-order valence-corrected chi connectivity index (χ3v) is 18.9. The molecule has 0 aromatic carbocycles. The molecule has 3 heterocycles. The average Bonchev–Trinajstić information content (AvgIpc) is 0.782. The lowest BCUT2D eigenvalue weighted by Gasteiger charge is -2.48. The molecule has 17 atom stereocenters. The van der Waals surface area contributed by atoms with E-state index in [1.165, 1.54) is 173 Å². The molecule has 98 heavy (non-hydrogen) atoms. The number of ether oxygens (including phenoxy) is 6. The van der Waals surface area contributed by atoms with E-state index in [-0.39, 0.29) is 18.9 Å². The maximum absolute atomic E-state index is 13.5. The van der Waals surface area contributed by atoms with Crippen molar-refractivity contribution in [1.82, 2.24) is 5.32 Å². The zero-order valence-electron chi connectivity index (χ0n) is 60.5. The quantitative estimate of drug-likeness (QED) is 0.0199. The molecule has 3 saturated heterocycles. The maximum atomic E-state index is 13.5. The zero-order valence-corrected chi connectivity index (χ0v) is 60.5. The number of unbranched alkanes of at least 4 members (excludes halogenated alkanes) is 32. The molecule has 17 unspecified atom stereocenters. The van der Waals surface area contributed by atoms with Crippen molar-refractivity contribution in [3.05, 3.63) is 85.1 Å². The molecular formula is C79H139NO18.